The van der Waals surface area contributed by atoms with Gasteiger partial charge in [0.25, 0.3) is 0 Å². The van der Waals surface area contributed by atoms with Crippen molar-refractivity contribution in [1.29, 1.82) is 0 Å². The summed E-state index contributed by atoms with van der Waals surface area (Å²) in [6.45, 7) is 0. The van der Waals surface area contributed by atoms with Crippen molar-refractivity contribution in [1.82, 2.24) is 0 Å². The van der Waals surface area contributed by atoms with Crippen LogP contribution in [0.5, 0.6) is 0 Å². The molecule has 7 heavy (non-hydrogen) atoms. The second-order valence-electron chi connectivity index (χ2n) is 1.83. The fourth-order valence-corrected chi connectivity index (χ4v) is 0.627. The maximum Gasteiger partial charge on any atom is 0.0601 e. The van der Waals surface area contributed by atoms with Gasteiger partial charge in [-0.3, -0.25) is 0 Å². The molecule has 0 aliphatic heterocycles. The zero-order chi connectivity index (χ0) is 5.28. The Labute approximate surface area is 41.8 Å². The third-order valence-corrected chi connectivity index (χ3v) is 1.14. The van der Waals surface area contributed by atoms with Gasteiger partial charge in [-0.2, -0.15) is 0 Å². The predicted molar refractivity (Wildman–Crippen MR) is 26.4 cm³/mol. The highest BCUT2D eigenvalue weighted by molar-refractivity contribution is 5.90. The zero-order valence-electron chi connectivity index (χ0n) is 3.96. The highest BCUT2D eigenvalue weighted by atomic mass is 16.4. The van der Waals surface area contributed by atoms with E-state index in [1.165, 1.54) is 0 Å². The van der Waals surface area contributed by atoms with Crippen LogP contribution in [0.4, 0.5) is 0 Å². The number of rotatable bonds is 0. The lowest BCUT2D eigenvalue weighted by Gasteiger charge is -2.21. The summed E-state index contributed by atoms with van der Waals surface area (Å²) in [6, 6.07) is 0.255. The molecule has 0 heterocycles. The van der Waals surface area contributed by atoms with Gasteiger partial charge in [-0.05, 0) is 0 Å². The fourth-order valence-electron chi connectivity index (χ4n) is 0.627. The highest BCUT2D eigenvalue weighted by Crippen LogP contribution is 2.12. The second-order valence-corrected chi connectivity index (χ2v) is 1.83. The Bertz CT molecular complexity index is 91.9. The summed E-state index contributed by atoms with van der Waals surface area (Å²) in [4.78, 5) is 0. The van der Waals surface area contributed by atoms with E-state index in [0.29, 0.717) is 0 Å². The molecule has 0 aromatic rings. The number of nitrogens with zero attached hydrogens (tertiary/aromatic N) is 1. The van der Waals surface area contributed by atoms with E-state index in [0.717, 1.165) is 18.6 Å². The average molecular weight is 100 g/mol. The van der Waals surface area contributed by atoms with E-state index in [1.54, 1.807) is 0 Å². The van der Waals surface area contributed by atoms with E-state index in [2.05, 4.69) is 5.16 Å². The van der Waals surface area contributed by atoms with E-state index in [4.69, 9.17) is 10.9 Å². The van der Waals surface area contributed by atoms with Gasteiger partial charge in [-0.25, -0.2) is 0 Å². The molecule has 0 amide bonds. The van der Waals surface area contributed by atoms with Crippen LogP contribution >= 0.6 is 0 Å². The van der Waals surface area contributed by atoms with E-state index in [-0.39, 0.29) is 6.04 Å². The van der Waals surface area contributed by atoms with Gasteiger partial charge in [0.15, 0.2) is 0 Å². The molecule has 3 heteroatoms. The summed E-state index contributed by atoms with van der Waals surface area (Å²) >= 11 is 0. The van der Waals surface area contributed by atoms with Crippen molar-refractivity contribution < 1.29 is 5.21 Å². The van der Waals surface area contributed by atoms with Crippen LogP contribution in [-0.2, 0) is 0 Å². The third kappa shape index (κ3) is 0.718. The Morgan fingerprint density at radius 3 is 2.43 bits per heavy atom. The van der Waals surface area contributed by atoms with Crippen molar-refractivity contribution in [2.75, 3.05) is 0 Å². The van der Waals surface area contributed by atoms with Gasteiger partial charge in [0.1, 0.15) is 0 Å². The van der Waals surface area contributed by atoms with Crippen molar-refractivity contribution in [3.8, 4) is 0 Å². The van der Waals surface area contributed by atoms with Crippen LogP contribution in [0.2, 0.25) is 0 Å². The van der Waals surface area contributed by atoms with E-state index in [1.807, 2.05) is 0 Å². The van der Waals surface area contributed by atoms with Crippen LogP contribution in [0.15, 0.2) is 5.16 Å². The molecule has 1 rings (SSSR count). The molecule has 3 nitrogen and oxygen atoms in total. The molecule has 0 bridgehead atoms. The van der Waals surface area contributed by atoms with Gasteiger partial charge in [0.05, 0.1) is 5.71 Å². The number of nitrogens with two attached hydrogens (primary N) is 1. The largest absolute Gasteiger partial charge is 0.411 e. The summed E-state index contributed by atoms with van der Waals surface area (Å²) in [5.41, 5.74) is 6.18. The Hall–Kier alpha value is -0.570. The molecule has 1 fully saturated rings. The van der Waals surface area contributed by atoms with E-state index >= 15 is 0 Å². The number of oxime groups is 1. The molecule has 1 aliphatic carbocycles. The van der Waals surface area contributed by atoms with Crippen LogP contribution in [0.25, 0.3) is 0 Å². The van der Waals surface area contributed by atoms with Crippen LogP contribution < -0.4 is 5.73 Å². The van der Waals surface area contributed by atoms with Crippen molar-refractivity contribution >= 4 is 5.71 Å². The molecule has 0 spiro atoms. The van der Waals surface area contributed by atoms with Crippen LogP contribution in [0.1, 0.15) is 12.8 Å². The first-order valence-corrected chi connectivity index (χ1v) is 2.28. The molecule has 0 saturated heterocycles. The molecule has 0 radical (unpaired) electrons. The Kier molecular flexibility index (Phi) is 0.982. The minimum atomic E-state index is 0.255. The smallest absolute Gasteiger partial charge is 0.0601 e. The molecule has 0 unspecified atom stereocenters. The fraction of sp³-hybridized carbons (Fsp3) is 0.750. The Morgan fingerprint density at radius 1 is 1.71 bits per heavy atom. The summed E-state index contributed by atoms with van der Waals surface area (Å²) in [7, 11) is 0. The third-order valence-electron chi connectivity index (χ3n) is 1.14. The van der Waals surface area contributed by atoms with E-state index < -0.39 is 0 Å². The Morgan fingerprint density at radius 2 is 2.29 bits per heavy atom. The molecular weight excluding hydrogens is 92.1 g/mol. The summed E-state index contributed by atoms with van der Waals surface area (Å²) in [5.74, 6) is 0. The first kappa shape index (κ1) is 4.59. The average Bonchev–Trinajstić information content (AvgIpc) is 1.58. The quantitative estimate of drug-likeness (QED) is 0.331. The second kappa shape index (κ2) is 1.50. The first-order chi connectivity index (χ1) is 3.33. The van der Waals surface area contributed by atoms with Gasteiger partial charge in [0, 0.05) is 18.9 Å². The molecule has 0 aromatic heterocycles. The molecular formula is C4H8N2O. The van der Waals surface area contributed by atoms with E-state index in [9.17, 15) is 0 Å². The molecule has 40 valence electrons. The minimum absolute atomic E-state index is 0.255. The summed E-state index contributed by atoms with van der Waals surface area (Å²) in [6.07, 6.45) is 1.55. The predicted octanol–water partition coefficient (Wildman–Crippen LogP) is -0.0623. The van der Waals surface area contributed by atoms with Crippen LogP contribution in [-0.4, -0.2) is 17.0 Å². The molecule has 3 N–H and O–H groups in total. The highest BCUT2D eigenvalue weighted by Gasteiger charge is 2.20. The molecule has 0 atom stereocenters. The number of hydrogen-bond donors (Lipinski definition) is 2. The van der Waals surface area contributed by atoms with Gasteiger partial charge in [0.2, 0.25) is 0 Å². The topological polar surface area (TPSA) is 58.6 Å². The lowest BCUT2D eigenvalue weighted by Crippen LogP contribution is -2.36. The van der Waals surface area contributed by atoms with Crippen molar-refractivity contribution in [3.63, 3.8) is 0 Å². The van der Waals surface area contributed by atoms with Crippen LogP contribution in [0, 0.1) is 0 Å². The van der Waals surface area contributed by atoms with Gasteiger partial charge in [-0.1, -0.05) is 5.16 Å². The Balaban J connectivity index is 2.30. The van der Waals surface area contributed by atoms with Gasteiger partial charge < -0.3 is 10.9 Å². The maximum atomic E-state index is 8.04. The number of hydrogen-bond acceptors (Lipinski definition) is 3. The molecule has 1 aliphatic rings. The normalized spacial score (nSPS) is 29.3. The maximum absolute atomic E-state index is 8.04. The SMILES string of the molecule is NC1CC(=NO)C1. The zero-order valence-corrected chi connectivity index (χ0v) is 3.96. The molecule has 0 aromatic carbocycles. The van der Waals surface area contributed by atoms with Crippen molar-refractivity contribution in [2.45, 2.75) is 18.9 Å². The van der Waals surface area contributed by atoms with Gasteiger partial charge >= 0.3 is 0 Å². The molecule has 1 saturated carbocycles. The summed E-state index contributed by atoms with van der Waals surface area (Å²) < 4.78 is 0. The lowest BCUT2D eigenvalue weighted by molar-refractivity contribution is 0.311. The van der Waals surface area contributed by atoms with Crippen molar-refractivity contribution in [2.24, 2.45) is 10.9 Å². The monoisotopic (exact) mass is 100 g/mol. The van der Waals surface area contributed by atoms with Gasteiger partial charge in [-0.15, -0.1) is 0 Å². The minimum Gasteiger partial charge on any atom is -0.411 e. The first-order valence-electron chi connectivity index (χ1n) is 2.28. The summed E-state index contributed by atoms with van der Waals surface area (Å²) in [5, 5.41) is 11.0. The standard InChI is InChI=1S/C4H8N2O/c5-3-1-4(2-3)6-7/h3,7H,1-2,5H2. The van der Waals surface area contributed by atoms with Crippen LogP contribution in [0.3, 0.4) is 0 Å². The van der Waals surface area contributed by atoms with Crippen molar-refractivity contribution in [3.05, 3.63) is 0 Å². The lowest BCUT2D eigenvalue weighted by atomic mass is 9.92.